The van der Waals surface area contributed by atoms with E-state index in [9.17, 15) is 9.59 Å². The van der Waals surface area contributed by atoms with Crippen LogP contribution in [0.5, 0.6) is 0 Å². The molecule has 3 fully saturated rings. The number of ketones is 1. The third kappa shape index (κ3) is 4.61. The number of fused-ring (bicyclic) bond motifs is 5. The third-order valence-electron chi connectivity index (χ3n) is 11.1. The highest BCUT2D eigenvalue weighted by molar-refractivity contribution is 6.30. The van der Waals surface area contributed by atoms with Crippen LogP contribution in [0.1, 0.15) is 73.1 Å². The van der Waals surface area contributed by atoms with E-state index in [0.29, 0.717) is 34.7 Å². The quantitative estimate of drug-likeness (QED) is 0.399. The van der Waals surface area contributed by atoms with Gasteiger partial charge in [-0.1, -0.05) is 76.9 Å². The topological polar surface area (TPSA) is 49.4 Å². The number of nitrogens with zero attached hydrogens (tertiary/aromatic N) is 1. The van der Waals surface area contributed by atoms with Gasteiger partial charge in [0.1, 0.15) is 0 Å². The number of allylic oxidation sites excluding steroid dienone is 2. The monoisotopic (exact) mass is 558 g/mol. The molecular weight excluding hydrogens is 516 g/mol. The molecule has 6 atom stereocenters. The number of amides is 2. The molecule has 5 heteroatoms. The zero-order valence-corrected chi connectivity index (χ0v) is 25.4. The molecular formula is C35H43ClN2O2. The number of piperidine rings is 1. The Labute approximate surface area is 244 Å². The highest BCUT2D eigenvalue weighted by atomic mass is 35.5. The second-order valence-corrected chi connectivity index (χ2v) is 15.0. The summed E-state index contributed by atoms with van der Waals surface area (Å²) in [5.74, 6) is 1.74. The molecule has 40 heavy (non-hydrogen) atoms. The number of hydrogen-bond acceptors (Lipinski definition) is 2. The summed E-state index contributed by atoms with van der Waals surface area (Å²) in [5, 5.41) is 3.91. The van der Waals surface area contributed by atoms with Crippen molar-refractivity contribution in [3.63, 3.8) is 0 Å². The maximum atomic E-state index is 14.1. The minimum Gasteiger partial charge on any atom is -0.308 e. The number of likely N-dealkylation sites (tertiary alicyclic amines) is 1. The maximum Gasteiger partial charge on any atom is 0.326 e. The second-order valence-electron chi connectivity index (χ2n) is 14.6. The van der Waals surface area contributed by atoms with Gasteiger partial charge in [-0.05, 0) is 96.1 Å². The average molecular weight is 559 g/mol. The smallest absolute Gasteiger partial charge is 0.308 e. The van der Waals surface area contributed by atoms with Crippen molar-refractivity contribution >= 4 is 29.1 Å². The molecule has 1 N–H and O–H groups in total. The predicted octanol–water partition coefficient (Wildman–Crippen LogP) is 9.21. The SMILES string of the molecule is CC(C)(C)C1C[C@@]2(C)C(=CC1=O)N(C(=O)Nc1cccc(-c3ccc(Cl)cc3)c1)C[C@H]1[C@@H]3CCC[C@@]3(C)CC[C@@H]12. The molecule has 4 nitrogen and oxygen atoms in total. The van der Waals surface area contributed by atoms with Gasteiger partial charge >= 0.3 is 6.03 Å². The van der Waals surface area contributed by atoms with Gasteiger partial charge in [0.15, 0.2) is 5.78 Å². The van der Waals surface area contributed by atoms with E-state index >= 15 is 0 Å². The number of carbonyl (C=O) groups excluding carboxylic acids is 2. The molecule has 1 saturated heterocycles. The van der Waals surface area contributed by atoms with Gasteiger partial charge in [0, 0.05) is 40.4 Å². The van der Waals surface area contributed by atoms with Crippen LogP contribution >= 0.6 is 11.6 Å². The Balaban J connectivity index is 1.35. The summed E-state index contributed by atoms with van der Waals surface area (Å²) in [5.41, 5.74) is 3.83. The second kappa shape index (κ2) is 9.76. The van der Waals surface area contributed by atoms with E-state index in [-0.39, 0.29) is 28.6 Å². The summed E-state index contributed by atoms with van der Waals surface area (Å²) < 4.78 is 0. The van der Waals surface area contributed by atoms with Crippen molar-refractivity contribution in [2.75, 3.05) is 11.9 Å². The first-order valence-corrected chi connectivity index (χ1v) is 15.5. The van der Waals surface area contributed by atoms with E-state index in [1.54, 1.807) is 0 Å². The summed E-state index contributed by atoms with van der Waals surface area (Å²) in [7, 11) is 0. The number of hydrogen-bond donors (Lipinski definition) is 1. The Morgan fingerprint density at radius 1 is 1.00 bits per heavy atom. The Kier molecular flexibility index (Phi) is 6.72. The van der Waals surface area contributed by atoms with E-state index in [2.05, 4.69) is 39.9 Å². The van der Waals surface area contributed by atoms with Crippen LogP contribution in [0.2, 0.25) is 5.02 Å². The maximum absolute atomic E-state index is 14.1. The van der Waals surface area contributed by atoms with Crippen molar-refractivity contribution in [1.82, 2.24) is 4.90 Å². The zero-order valence-electron chi connectivity index (χ0n) is 24.6. The molecule has 2 aromatic carbocycles. The average Bonchev–Trinajstić information content (AvgIpc) is 3.30. The highest BCUT2D eigenvalue weighted by Crippen LogP contribution is 2.65. The fraction of sp³-hybridized carbons (Fsp3) is 0.543. The van der Waals surface area contributed by atoms with Crippen LogP contribution in [0.4, 0.5) is 10.5 Å². The predicted molar refractivity (Wildman–Crippen MR) is 163 cm³/mol. The number of anilines is 1. The van der Waals surface area contributed by atoms with Crippen molar-refractivity contribution in [2.45, 2.75) is 73.1 Å². The lowest BCUT2D eigenvalue weighted by atomic mass is 9.48. The minimum absolute atomic E-state index is 0.0298. The Morgan fingerprint density at radius 3 is 2.48 bits per heavy atom. The Morgan fingerprint density at radius 2 is 1.75 bits per heavy atom. The first-order valence-electron chi connectivity index (χ1n) is 15.1. The lowest BCUT2D eigenvalue weighted by Gasteiger charge is -2.60. The summed E-state index contributed by atoms with van der Waals surface area (Å²) in [6.07, 6.45) is 8.97. The molecule has 0 aromatic heterocycles. The molecule has 2 saturated carbocycles. The van der Waals surface area contributed by atoms with Gasteiger partial charge in [0.2, 0.25) is 0 Å². The minimum atomic E-state index is -0.193. The Hall–Kier alpha value is -2.59. The fourth-order valence-electron chi connectivity index (χ4n) is 8.93. The van der Waals surface area contributed by atoms with E-state index in [1.807, 2.05) is 59.5 Å². The molecule has 2 aromatic rings. The number of nitrogens with one attached hydrogen (secondary N) is 1. The van der Waals surface area contributed by atoms with Gasteiger partial charge in [0.25, 0.3) is 0 Å². The van der Waals surface area contributed by atoms with E-state index in [1.165, 1.54) is 32.1 Å². The van der Waals surface area contributed by atoms with Crippen LogP contribution in [-0.4, -0.2) is 23.3 Å². The first kappa shape index (κ1) is 27.6. The van der Waals surface area contributed by atoms with Crippen LogP contribution in [0, 0.1) is 39.9 Å². The van der Waals surface area contributed by atoms with Crippen LogP contribution in [0.15, 0.2) is 60.3 Å². The van der Waals surface area contributed by atoms with Crippen molar-refractivity contribution in [3.05, 3.63) is 65.3 Å². The molecule has 2 amide bonds. The van der Waals surface area contributed by atoms with Crippen molar-refractivity contribution in [3.8, 4) is 11.1 Å². The lowest BCUT2D eigenvalue weighted by molar-refractivity contribution is -0.128. The molecule has 1 aliphatic heterocycles. The summed E-state index contributed by atoms with van der Waals surface area (Å²) in [6, 6.07) is 15.6. The summed E-state index contributed by atoms with van der Waals surface area (Å²) >= 11 is 6.10. The van der Waals surface area contributed by atoms with Gasteiger partial charge in [-0.25, -0.2) is 4.79 Å². The first-order chi connectivity index (χ1) is 18.9. The standard InChI is InChI=1S/C35H43ClN2O2/c1-33(2,3)29-20-35(5)28-15-17-34(4)16-7-10-27(34)26(28)21-38(31(35)19-30(29)39)32(40)37-25-9-6-8-23(18-25)22-11-13-24(36)14-12-22/h6,8-9,11-14,18-19,26-29H,7,10,15-17,20-21H2,1-5H3,(H,37,40)/t26-,27-,28-,29?,34-,35+/m0/s1. The number of carbonyl (C=O) groups is 2. The number of halogens is 1. The fourth-order valence-corrected chi connectivity index (χ4v) is 9.05. The Bertz CT molecular complexity index is 1360. The molecule has 6 rings (SSSR count). The van der Waals surface area contributed by atoms with E-state index < -0.39 is 0 Å². The molecule has 4 aliphatic rings. The van der Waals surface area contributed by atoms with Crippen molar-refractivity contribution in [1.29, 1.82) is 0 Å². The number of urea groups is 1. The van der Waals surface area contributed by atoms with Gasteiger partial charge in [-0.2, -0.15) is 0 Å². The molecule has 0 radical (unpaired) electrons. The van der Waals surface area contributed by atoms with Crippen molar-refractivity contribution < 1.29 is 9.59 Å². The third-order valence-corrected chi connectivity index (χ3v) is 11.4. The molecule has 1 heterocycles. The van der Waals surface area contributed by atoms with Crippen LogP contribution in [0.3, 0.4) is 0 Å². The zero-order chi connectivity index (χ0) is 28.4. The molecule has 0 spiro atoms. The van der Waals surface area contributed by atoms with E-state index in [4.69, 9.17) is 11.6 Å². The van der Waals surface area contributed by atoms with Crippen LogP contribution < -0.4 is 5.32 Å². The molecule has 1 unspecified atom stereocenters. The van der Waals surface area contributed by atoms with Crippen LogP contribution in [-0.2, 0) is 4.79 Å². The molecule has 212 valence electrons. The van der Waals surface area contributed by atoms with Gasteiger partial charge in [-0.15, -0.1) is 0 Å². The molecule has 3 aliphatic carbocycles. The molecule has 0 bridgehead atoms. The lowest BCUT2D eigenvalue weighted by Crippen LogP contribution is -2.60. The van der Waals surface area contributed by atoms with Gasteiger partial charge in [0.05, 0.1) is 0 Å². The summed E-state index contributed by atoms with van der Waals surface area (Å²) in [6.45, 7) is 12.1. The van der Waals surface area contributed by atoms with Gasteiger partial charge in [-0.3, -0.25) is 9.69 Å². The number of benzene rings is 2. The van der Waals surface area contributed by atoms with Crippen molar-refractivity contribution in [2.24, 2.45) is 39.9 Å². The normalized spacial score (nSPS) is 33.5. The largest absolute Gasteiger partial charge is 0.326 e. The number of rotatable bonds is 2. The van der Waals surface area contributed by atoms with E-state index in [0.717, 1.165) is 28.9 Å². The van der Waals surface area contributed by atoms with Crippen LogP contribution in [0.25, 0.3) is 11.1 Å². The highest BCUT2D eigenvalue weighted by Gasteiger charge is 2.60. The summed E-state index contributed by atoms with van der Waals surface area (Å²) in [4.78, 5) is 29.6. The van der Waals surface area contributed by atoms with Gasteiger partial charge < -0.3 is 5.32 Å².